The second-order valence-electron chi connectivity index (χ2n) is 14.0. The van der Waals surface area contributed by atoms with E-state index < -0.39 is 68.7 Å². The van der Waals surface area contributed by atoms with Gasteiger partial charge in [-0.3, -0.25) is 19.1 Å². The number of aromatic nitrogens is 1. The molecule has 4 bridgehead atoms. The Hall–Kier alpha value is -4.50. The van der Waals surface area contributed by atoms with Gasteiger partial charge >= 0.3 is 6.09 Å². The molecule has 5 atom stereocenters. The van der Waals surface area contributed by atoms with Crippen LogP contribution < -0.4 is 20.1 Å². The fourth-order valence-corrected chi connectivity index (χ4v) is 8.64. The predicted molar refractivity (Wildman–Crippen MR) is 186 cm³/mol. The van der Waals surface area contributed by atoms with Crippen molar-refractivity contribution in [3.63, 3.8) is 0 Å². The average molecular weight is 722 g/mol. The second kappa shape index (κ2) is 14.3. The number of hydrogen-bond acceptors (Lipinski definition) is 10. The van der Waals surface area contributed by atoms with Gasteiger partial charge in [-0.05, 0) is 73.9 Å². The molecule has 3 N–H and O–H groups in total. The van der Waals surface area contributed by atoms with Crippen molar-refractivity contribution in [2.45, 2.75) is 80.3 Å². The van der Waals surface area contributed by atoms with Crippen LogP contribution in [-0.2, 0) is 33.9 Å². The number of sulfonamides is 1. The van der Waals surface area contributed by atoms with Crippen molar-refractivity contribution < 1.29 is 41.8 Å². The molecule has 51 heavy (non-hydrogen) atoms. The lowest BCUT2D eigenvalue weighted by molar-refractivity contribution is -0.142. The van der Waals surface area contributed by atoms with Crippen molar-refractivity contribution in [3.8, 4) is 5.88 Å². The Morgan fingerprint density at radius 3 is 2.65 bits per heavy atom. The van der Waals surface area contributed by atoms with Gasteiger partial charge in [0.05, 0.1) is 18.4 Å². The van der Waals surface area contributed by atoms with Gasteiger partial charge in [-0.1, -0.05) is 30.4 Å². The third-order valence-corrected chi connectivity index (χ3v) is 12.3. The zero-order valence-corrected chi connectivity index (χ0v) is 29.1. The molecule has 0 unspecified atom stereocenters. The summed E-state index contributed by atoms with van der Waals surface area (Å²) in [6, 6.07) is 5.65. The second-order valence-corrected chi connectivity index (χ2v) is 16.0. The minimum absolute atomic E-state index is 0.00876. The van der Waals surface area contributed by atoms with E-state index in [1.807, 2.05) is 36.4 Å². The Morgan fingerprint density at radius 1 is 1.10 bits per heavy atom. The van der Waals surface area contributed by atoms with E-state index >= 15 is 0 Å². The minimum atomic E-state index is -3.89. The molecule has 0 radical (unpaired) electrons. The van der Waals surface area contributed by atoms with Crippen molar-refractivity contribution in [1.29, 1.82) is 0 Å². The van der Waals surface area contributed by atoms with E-state index in [1.165, 1.54) is 11.0 Å². The molecule has 4 amide bonds. The first-order valence-electron chi connectivity index (χ1n) is 17.6. The van der Waals surface area contributed by atoms with Gasteiger partial charge in [0.15, 0.2) is 0 Å². The van der Waals surface area contributed by atoms with E-state index in [-0.39, 0.29) is 31.9 Å². The average Bonchev–Trinajstić information content (AvgIpc) is 4.05. The van der Waals surface area contributed by atoms with Gasteiger partial charge in [0.2, 0.25) is 27.7 Å². The zero-order chi connectivity index (χ0) is 35.8. The van der Waals surface area contributed by atoms with Gasteiger partial charge in [-0.25, -0.2) is 18.2 Å². The molecular formula is C36H43N5O9S. The number of carbonyl (C=O) groups is 4. The highest BCUT2D eigenvalue weighted by atomic mass is 32.2. The summed E-state index contributed by atoms with van der Waals surface area (Å²) < 4.78 is 45.0. The highest BCUT2D eigenvalue weighted by Gasteiger charge is 2.62. The summed E-state index contributed by atoms with van der Waals surface area (Å²) >= 11 is 0. The molecule has 7 rings (SSSR count). The van der Waals surface area contributed by atoms with Crippen molar-refractivity contribution in [2.24, 2.45) is 11.8 Å². The number of nitrogens with one attached hydrogen (secondary N) is 3. The monoisotopic (exact) mass is 721 g/mol. The normalized spacial score (nSPS) is 29.5. The van der Waals surface area contributed by atoms with Crippen LogP contribution in [0.2, 0.25) is 0 Å². The quantitative estimate of drug-likeness (QED) is 0.360. The maximum atomic E-state index is 14.6. The number of rotatable bonds is 7. The number of nitrogens with zero attached hydrogens (tertiary/aromatic N) is 2. The Bertz CT molecular complexity index is 1860. The smallest absolute Gasteiger partial charge is 0.407 e. The molecule has 0 spiro atoms. The molecule has 15 heteroatoms. The van der Waals surface area contributed by atoms with Crippen LogP contribution in [0.25, 0.3) is 16.8 Å². The molecular weight excluding hydrogens is 678 g/mol. The Morgan fingerprint density at radius 2 is 1.90 bits per heavy atom. The Balaban J connectivity index is 1.21. The molecule has 2 saturated heterocycles. The number of pyridine rings is 1. The summed E-state index contributed by atoms with van der Waals surface area (Å²) in [6.45, 7) is 4.73. The van der Waals surface area contributed by atoms with Crippen LogP contribution in [0.1, 0.15) is 56.9 Å². The molecule has 1 aromatic carbocycles. The van der Waals surface area contributed by atoms with Gasteiger partial charge in [0.1, 0.15) is 23.7 Å². The number of carbonyl (C=O) groups excluding carboxylic acids is 4. The predicted octanol–water partition coefficient (Wildman–Crippen LogP) is 2.58. The number of hydrogen-bond donors (Lipinski definition) is 3. The Labute approximate surface area is 296 Å². The SMILES string of the molecule is C=C[C@H]1C[C@]1(NC(=O)[C@@H]1C[C@@H]2CN1C(=O)[C@H](C1CCOCC1)NC(=O)OCCC/C=C/c1ccc3ccnc(c3c1)O2)C(=O)NS(=O)(=O)C1CC1. The van der Waals surface area contributed by atoms with E-state index in [2.05, 4.69) is 26.9 Å². The van der Waals surface area contributed by atoms with E-state index in [0.717, 1.165) is 16.3 Å². The lowest BCUT2D eigenvalue weighted by Gasteiger charge is -2.34. The highest BCUT2D eigenvalue weighted by Crippen LogP contribution is 2.45. The molecule has 4 heterocycles. The fourth-order valence-electron chi connectivity index (χ4n) is 7.27. The summed E-state index contributed by atoms with van der Waals surface area (Å²) in [4.78, 5) is 61.3. The molecule has 14 nitrogen and oxygen atoms in total. The van der Waals surface area contributed by atoms with Crippen LogP contribution in [0.15, 0.2) is 49.2 Å². The largest absolute Gasteiger partial charge is 0.472 e. The number of cyclic esters (lactones) is 1. The number of amides is 4. The van der Waals surface area contributed by atoms with Crippen LogP contribution in [0.3, 0.4) is 0 Å². The maximum Gasteiger partial charge on any atom is 0.407 e. The Kier molecular flexibility index (Phi) is 9.76. The third kappa shape index (κ3) is 7.45. The molecule has 1 aromatic heterocycles. The molecule has 2 saturated carbocycles. The van der Waals surface area contributed by atoms with Crippen molar-refractivity contribution in [1.82, 2.24) is 25.2 Å². The maximum absolute atomic E-state index is 14.6. The molecule has 2 aliphatic carbocycles. The van der Waals surface area contributed by atoms with Crippen LogP contribution in [-0.4, -0.2) is 97.5 Å². The first kappa shape index (κ1) is 34.9. The zero-order valence-electron chi connectivity index (χ0n) is 28.3. The van der Waals surface area contributed by atoms with Crippen molar-refractivity contribution >= 4 is 50.7 Å². The van der Waals surface area contributed by atoms with Crippen LogP contribution in [0, 0.1) is 11.8 Å². The molecule has 3 aliphatic heterocycles. The summed E-state index contributed by atoms with van der Waals surface area (Å²) in [6.07, 6.45) is 9.10. The van der Waals surface area contributed by atoms with Gasteiger partial charge in [0.25, 0.3) is 5.91 Å². The van der Waals surface area contributed by atoms with Crippen LogP contribution >= 0.6 is 0 Å². The highest BCUT2D eigenvalue weighted by molar-refractivity contribution is 7.91. The molecule has 2 aromatic rings. The number of fused-ring (bicyclic) bond motifs is 3. The third-order valence-electron chi connectivity index (χ3n) is 10.5. The number of ether oxygens (including phenoxy) is 3. The molecule has 5 aliphatic rings. The van der Waals surface area contributed by atoms with Crippen molar-refractivity contribution in [2.75, 3.05) is 26.4 Å². The van der Waals surface area contributed by atoms with Crippen LogP contribution in [0.4, 0.5) is 4.79 Å². The standard InChI is InChI=1S/C36H43N5O9S/c1-2-25-20-36(25,34(44)40-51(46,47)27-9-10-27)39-31(42)29-19-26-21-41(29)33(43)30(24-12-16-48-17-13-24)38-35(45)49-15-5-3-4-6-22-7-8-23-11-14-37-32(50-26)28(23)18-22/h2,4,6-8,11,14,18,24-27,29-30H,1,3,5,9-10,12-13,15-17,19-21H2,(H,38,45)(H,39,42)(H,40,44)/b6-4+/t25-,26+,29-,30-,36+/m0/s1. The lowest BCUT2D eigenvalue weighted by atomic mass is 9.90. The van der Waals surface area contributed by atoms with Gasteiger partial charge in [-0.15, -0.1) is 6.58 Å². The topological polar surface area (TPSA) is 182 Å². The van der Waals surface area contributed by atoms with E-state index in [1.54, 1.807) is 6.20 Å². The fraction of sp³-hybridized carbons (Fsp3) is 0.528. The summed E-state index contributed by atoms with van der Waals surface area (Å²) in [5.74, 6) is -2.41. The van der Waals surface area contributed by atoms with Gasteiger partial charge < -0.3 is 29.7 Å². The van der Waals surface area contributed by atoms with E-state index in [9.17, 15) is 27.6 Å². The van der Waals surface area contributed by atoms with Gasteiger partial charge in [-0.2, -0.15) is 0 Å². The van der Waals surface area contributed by atoms with Crippen LogP contribution in [0.5, 0.6) is 5.88 Å². The molecule has 272 valence electrons. The lowest BCUT2D eigenvalue weighted by Crippen LogP contribution is -2.59. The van der Waals surface area contributed by atoms with Crippen molar-refractivity contribution in [3.05, 3.63) is 54.8 Å². The minimum Gasteiger partial charge on any atom is -0.472 e. The first-order chi connectivity index (χ1) is 24.6. The number of benzene rings is 1. The number of allylic oxidation sites excluding steroid dienone is 1. The van der Waals surface area contributed by atoms with E-state index in [0.29, 0.717) is 57.6 Å². The molecule has 4 fully saturated rings. The van der Waals surface area contributed by atoms with Gasteiger partial charge in [0, 0.05) is 37.1 Å². The summed E-state index contributed by atoms with van der Waals surface area (Å²) in [7, 11) is -3.89. The summed E-state index contributed by atoms with van der Waals surface area (Å²) in [5.41, 5.74) is -0.613. The number of alkyl carbamates (subject to hydrolysis) is 1. The first-order valence-corrected chi connectivity index (χ1v) is 19.2. The summed E-state index contributed by atoms with van der Waals surface area (Å²) in [5, 5.41) is 6.63. The van der Waals surface area contributed by atoms with E-state index in [4.69, 9.17) is 14.2 Å².